The molecule has 0 radical (unpaired) electrons. The van der Waals surface area contributed by atoms with E-state index in [4.69, 9.17) is 14.6 Å². The molecule has 38 heavy (non-hydrogen) atoms. The molecule has 1 aromatic carbocycles. The molecule has 14 heteroatoms. The second-order valence-electron chi connectivity index (χ2n) is 9.16. The Bertz CT molecular complexity index is 1270. The third kappa shape index (κ3) is 6.30. The van der Waals surface area contributed by atoms with Crippen LogP contribution >= 0.6 is 0 Å². The van der Waals surface area contributed by atoms with Crippen LogP contribution in [-0.2, 0) is 30.8 Å². The van der Waals surface area contributed by atoms with Crippen molar-refractivity contribution in [2.75, 3.05) is 25.5 Å². The van der Waals surface area contributed by atoms with Crippen molar-refractivity contribution < 1.29 is 32.6 Å². The largest absolute Gasteiger partial charge is 0.497 e. The molecule has 4 heterocycles. The van der Waals surface area contributed by atoms with Crippen LogP contribution in [0.2, 0.25) is 0 Å². The lowest BCUT2D eigenvalue weighted by molar-refractivity contribution is -0.192. The molecule has 2 aliphatic rings. The Hall–Kier alpha value is -3.94. The topological polar surface area (TPSA) is 127 Å². The lowest BCUT2D eigenvalue weighted by Crippen LogP contribution is -2.31. The molecule has 2 unspecified atom stereocenters. The lowest BCUT2D eigenvalue weighted by atomic mass is 9.89. The zero-order valence-corrected chi connectivity index (χ0v) is 20.9. The van der Waals surface area contributed by atoms with Gasteiger partial charge in [-0.3, -0.25) is 14.4 Å². The first-order chi connectivity index (χ1) is 18.1. The van der Waals surface area contributed by atoms with E-state index in [1.54, 1.807) is 7.11 Å². The minimum Gasteiger partial charge on any atom is -0.497 e. The smallest absolute Gasteiger partial charge is 0.490 e. The molecule has 0 spiro atoms. The van der Waals surface area contributed by atoms with E-state index >= 15 is 0 Å². The molecule has 1 fully saturated rings. The van der Waals surface area contributed by atoms with Gasteiger partial charge < -0.3 is 19.7 Å². The predicted molar refractivity (Wildman–Crippen MR) is 129 cm³/mol. The van der Waals surface area contributed by atoms with Crippen LogP contribution in [0, 0.1) is 11.8 Å². The number of benzene rings is 1. The van der Waals surface area contributed by atoms with Gasteiger partial charge in [0, 0.05) is 56.6 Å². The van der Waals surface area contributed by atoms with Crippen molar-refractivity contribution in [3.05, 3.63) is 53.9 Å². The van der Waals surface area contributed by atoms with Crippen molar-refractivity contribution in [2.45, 2.75) is 39.2 Å². The summed E-state index contributed by atoms with van der Waals surface area (Å²) in [7, 11) is 1.62. The number of anilines is 1. The highest BCUT2D eigenvalue weighted by Crippen LogP contribution is 2.33. The number of amides is 1. The molecule has 2 N–H and O–H groups in total. The quantitative estimate of drug-likeness (QED) is 0.493. The number of fused-ring (bicyclic) bond motifs is 2. The molecule has 11 nitrogen and oxygen atoms in total. The van der Waals surface area contributed by atoms with Gasteiger partial charge in [0.25, 0.3) is 5.91 Å². The highest BCUT2D eigenvalue weighted by molar-refractivity contribution is 6.01. The maximum Gasteiger partial charge on any atom is 0.490 e. The second kappa shape index (κ2) is 11.2. The van der Waals surface area contributed by atoms with Crippen molar-refractivity contribution in [2.24, 2.45) is 11.8 Å². The Kier molecular flexibility index (Phi) is 7.99. The minimum absolute atomic E-state index is 0.232. The molecule has 2 aliphatic heterocycles. The van der Waals surface area contributed by atoms with E-state index in [-0.39, 0.29) is 5.91 Å². The maximum absolute atomic E-state index is 12.8. The van der Waals surface area contributed by atoms with Gasteiger partial charge in [0.1, 0.15) is 11.6 Å². The fourth-order valence-corrected chi connectivity index (χ4v) is 4.70. The van der Waals surface area contributed by atoms with Gasteiger partial charge in [0.05, 0.1) is 13.3 Å². The Labute approximate surface area is 216 Å². The van der Waals surface area contributed by atoms with E-state index in [1.165, 1.54) is 5.56 Å². The molecule has 0 aliphatic carbocycles. The zero-order chi connectivity index (χ0) is 27.4. The van der Waals surface area contributed by atoms with Gasteiger partial charge in [-0.05, 0) is 43.0 Å². The van der Waals surface area contributed by atoms with Gasteiger partial charge in [0.15, 0.2) is 0 Å². The van der Waals surface area contributed by atoms with Crippen LogP contribution in [0.25, 0.3) is 0 Å². The van der Waals surface area contributed by atoms with Gasteiger partial charge in [0.2, 0.25) is 5.82 Å². The molecule has 1 amide bonds. The minimum atomic E-state index is -5.08. The third-order valence-electron chi connectivity index (χ3n) is 6.55. The Morgan fingerprint density at radius 3 is 2.42 bits per heavy atom. The number of aromatic nitrogens is 5. The van der Waals surface area contributed by atoms with Crippen molar-refractivity contribution in [3.63, 3.8) is 0 Å². The van der Waals surface area contributed by atoms with Gasteiger partial charge >= 0.3 is 12.1 Å². The summed E-state index contributed by atoms with van der Waals surface area (Å²) < 4.78 is 40.9. The van der Waals surface area contributed by atoms with E-state index < -0.39 is 12.1 Å². The van der Waals surface area contributed by atoms with E-state index in [0.29, 0.717) is 23.3 Å². The zero-order valence-electron chi connectivity index (χ0n) is 20.9. The molecule has 0 saturated carbocycles. The molecular formula is C24H28F3N7O4. The summed E-state index contributed by atoms with van der Waals surface area (Å²) in [6, 6.07) is 7.26. The third-order valence-corrected chi connectivity index (χ3v) is 6.55. The fourth-order valence-electron chi connectivity index (χ4n) is 4.70. The number of aliphatic carboxylic acids is 1. The van der Waals surface area contributed by atoms with Crippen LogP contribution in [-0.4, -0.2) is 72.8 Å². The molecule has 2 aromatic heterocycles. The number of carbonyl (C=O) groups is 2. The van der Waals surface area contributed by atoms with Crippen LogP contribution in [0.3, 0.4) is 0 Å². The Morgan fingerprint density at radius 2 is 1.82 bits per heavy atom. The number of likely N-dealkylation sites (tertiary alicyclic amines) is 1. The number of alkyl halides is 3. The fraction of sp³-hybridized carbons (Fsp3) is 0.458. The first-order valence-corrected chi connectivity index (χ1v) is 12.0. The molecule has 1 saturated heterocycles. The number of ether oxygens (including phenoxy) is 1. The van der Waals surface area contributed by atoms with Crippen molar-refractivity contribution in [1.82, 2.24) is 29.4 Å². The summed E-state index contributed by atoms with van der Waals surface area (Å²) in [5.41, 5.74) is 1.95. The van der Waals surface area contributed by atoms with Crippen molar-refractivity contribution >= 4 is 17.6 Å². The van der Waals surface area contributed by atoms with Gasteiger partial charge in [-0.25, -0.2) is 4.79 Å². The van der Waals surface area contributed by atoms with E-state index in [1.807, 2.05) is 39.7 Å². The second-order valence-corrected chi connectivity index (χ2v) is 9.16. The van der Waals surface area contributed by atoms with Crippen LogP contribution in [0.5, 0.6) is 5.75 Å². The standard InChI is InChI=1S/C22H27N7O2.C2HF3O2/c1-3-28-11-15(9-23-28)10-27-12-16-8-20-25-26-21(29(20)14-17(16)13-27)22(30)24-18-4-6-19(31-2)7-5-18;3-2(4,5)1(6)7/h4-7,9,11,16-17H,3,8,10,12-14H2,1-2H3,(H,24,30);(H,6,7). The Morgan fingerprint density at radius 1 is 1.13 bits per heavy atom. The van der Waals surface area contributed by atoms with Crippen molar-refractivity contribution in [3.8, 4) is 5.75 Å². The SMILES string of the molecule is CCn1cc(CN2CC3Cc4nnc(C(=O)Nc5ccc(OC)cc5)n4CC3C2)cn1.O=C(O)C(F)(F)F. The number of rotatable bonds is 6. The molecule has 0 bridgehead atoms. The van der Waals surface area contributed by atoms with E-state index in [9.17, 15) is 18.0 Å². The highest BCUT2D eigenvalue weighted by atomic mass is 19.4. The number of aryl methyl sites for hydroxylation is 1. The van der Waals surface area contributed by atoms with Gasteiger partial charge in [-0.2, -0.15) is 18.3 Å². The molecular weight excluding hydrogens is 507 g/mol. The predicted octanol–water partition coefficient (Wildman–Crippen LogP) is 2.69. The van der Waals surface area contributed by atoms with Crippen LogP contribution < -0.4 is 10.1 Å². The summed E-state index contributed by atoms with van der Waals surface area (Å²) in [5.74, 6) is 0.0924. The Balaban J connectivity index is 0.000000426. The number of nitrogens with one attached hydrogen (secondary N) is 1. The molecule has 5 rings (SSSR count). The van der Waals surface area contributed by atoms with E-state index in [0.717, 1.165) is 50.7 Å². The van der Waals surface area contributed by atoms with Crippen LogP contribution in [0.1, 0.15) is 28.9 Å². The van der Waals surface area contributed by atoms with Crippen LogP contribution in [0.15, 0.2) is 36.7 Å². The van der Waals surface area contributed by atoms with Crippen LogP contribution in [0.4, 0.5) is 18.9 Å². The normalized spacial score (nSPS) is 18.7. The number of hydrogen-bond donors (Lipinski definition) is 2. The summed E-state index contributed by atoms with van der Waals surface area (Å²) in [5, 5.41) is 23.0. The number of carboxylic acids is 1. The molecule has 204 valence electrons. The first kappa shape index (κ1) is 27.1. The monoisotopic (exact) mass is 535 g/mol. The number of halogens is 3. The lowest BCUT2D eigenvalue weighted by Gasteiger charge is -2.25. The van der Waals surface area contributed by atoms with Gasteiger partial charge in [-0.1, -0.05) is 0 Å². The highest BCUT2D eigenvalue weighted by Gasteiger charge is 2.39. The van der Waals surface area contributed by atoms with Crippen molar-refractivity contribution in [1.29, 1.82) is 0 Å². The number of methoxy groups -OCH3 is 1. The summed E-state index contributed by atoms with van der Waals surface area (Å²) in [4.78, 5) is 24.2. The first-order valence-electron chi connectivity index (χ1n) is 12.0. The summed E-state index contributed by atoms with van der Waals surface area (Å²) >= 11 is 0. The van der Waals surface area contributed by atoms with E-state index in [2.05, 4.69) is 38.6 Å². The number of nitrogens with zero attached hydrogens (tertiary/aromatic N) is 6. The molecule has 2 atom stereocenters. The average molecular weight is 536 g/mol. The number of carboxylic acid groups (broad SMARTS) is 1. The maximum atomic E-state index is 12.8. The number of carbonyl (C=O) groups excluding carboxylic acids is 1. The average Bonchev–Trinajstić information content (AvgIpc) is 3.60. The molecule has 3 aromatic rings. The van der Waals surface area contributed by atoms with Gasteiger partial charge in [-0.15, -0.1) is 10.2 Å². The summed E-state index contributed by atoms with van der Waals surface area (Å²) in [6.45, 7) is 6.74. The summed E-state index contributed by atoms with van der Waals surface area (Å²) in [6.07, 6.45) is -0.140. The number of hydrogen-bond acceptors (Lipinski definition) is 7.